The van der Waals surface area contributed by atoms with E-state index >= 15 is 0 Å². The van der Waals surface area contributed by atoms with E-state index in [0.717, 1.165) is 5.69 Å². The first-order valence-electron chi connectivity index (χ1n) is 6.22. The molecule has 0 atom stereocenters. The van der Waals surface area contributed by atoms with Crippen molar-refractivity contribution in [1.29, 1.82) is 0 Å². The zero-order valence-corrected chi connectivity index (χ0v) is 12.0. The van der Waals surface area contributed by atoms with Crippen molar-refractivity contribution in [3.63, 3.8) is 0 Å². The van der Waals surface area contributed by atoms with Gasteiger partial charge in [-0.3, -0.25) is 4.68 Å². The predicted octanol–water partition coefficient (Wildman–Crippen LogP) is -0.556. The van der Waals surface area contributed by atoms with Crippen LogP contribution in [0.4, 0.5) is 0 Å². The topological polar surface area (TPSA) is 108 Å². The van der Waals surface area contributed by atoms with Crippen molar-refractivity contribution in [2.75, 3.05) is 6.54 Å². The quantitative estimate of drug-likeness (QED) is 0.666. The lowest BCUT2D eigenvalue weighted by molar-refractivity contribution is 0.542. The van der Waals surface area contributed by atoms with Gasteiger partial charge in [-0.25, -0.2) is 13.1 Å². The summed E-state index contributed by atoms with van der Waals surface area (Å²) in [4.78, 5) is 0.237. The van der Waals surface area contributed by atoms with Crippen LogP contribution in [0, 0.1) is 0 Å². The second-order valence-electron chi connectivity index (χ2n) is 4.40. The van der Waals surface area contributed by atoms with E-state index in [1.807, 2.05) is 0 Å². The van der Waals surface area contributed by atoms with Crippen molar-refractivity contribution in [3.8, 4) is 0 Å². The molecule has 0 amide bonds. The number of rotatable bonds is 7. The van der Waals surface area contributed by atoms with Gasteiger partial charge >= 0.3 is 0 Å². The molecule has 0 unspecified atom stereocenters. The fraction of sp³-hybridized carbons (Fsp3) is 0.455. The fourth-order valence-electron chi connectivity index (χ4n) is 1.81. The first-order valence-corrected chi connectivity index (χ1v) is 7.70. The molecule has 2 heterocycles. The second kappa shape index (κ2) is 6.16. The summed E-state index contributed by atoms with van der Waals surface area (Å²) in [5, 5.41) is 7.49. The van der Waals surface area contributed by atoms with Crippen LogP contribution in [0.15, 0.2) is 29.6 Å². The van der Waals surface area contributed by atoms with Crippen molar-refractivity contribution in [2.45, 2.75) is 24.4 Å². The lowest BCUT2D eigenvalue weighted by atomic mass is 10.4. The van der Waals surface area contributed by atoms with Gasteiger partial charge in [0.05, 0.1) is 11.1 Å². The summed E-state index contributed by atoms with van der Waals surface area (Å²) >= 11 is 0. The average molecular weight is 298 g/mol. The van der Waals surface area contributed by atoms with Crippen LogP contribution in [0.3, 0.4) is 0 Å². The molecule has 0 aliphatic rings. The van der Waals surface area contributed by atoms with Gasteiger partial charge in [0.1, 0.15) is 0 Å². The molecule has 2 rings (SSSR count). The average Bonchev–Trinajstić information content (AvgIpc) is 3.04. The molecule has 0 bridgehead atoms. The molecular weight excluding hydrogens is 280 g/mol. The zero-order valence-electron chi connectivity index (χ0n) is 11.2. The molecule has 3 N–H and O–H groups in total. The summed E-state index contributed by atoms with van der Waals surface area (Å²) in [6, 6.07) is 1.58. The minimum atomic E-state index is -3.48. The SMILES string of the molecule is Cn1cc(S(=O)(=O)NCCCn2ccnn2)cc1CN. The van der Waals surface area contributed by atoms with Gasteiger partial charge in [0, 0.05) is 44.8 Å². The van der Waals surface area contributed by atoms with E-state index in [4.69, 9.17) is 5.73 Å². The Kier molecular flexibility index (Phi) is 4.53. The molecule has 0 aromatic carbocycles. The maximum atomic E-state index is 12.1. The third-order valence-electron chi connectivity index (χ3n) is 2.93. The van der Waals surface area contributed by atoms with Crippen molar-refractivity contribution in [1.82, 2.24) is 24.3 Å². The minimum absolute atomic E-state index is 0.237. The smallest absolute Gasteiger partial charge is 0.242 e. The Labute approximate surface area is 117 Å². The Morgan fingerprint density at radius 3 is 2.85 bits per heavy atom. The van der Waals surface area contributed by atoms with E-state index in [1.165, 1.54) is 0 Å². The van der Waals surface area contributed by atoms with Crippen LogP contribution in [-0.4, -0.2) is 34.5 Å². The first kappa shape index (κ1) is 14.7. The van der Waals surface area contributed by atoms with Gasteiger partial charge in [0.2, 0.25) is 10.0 Å². The molecule has 0 aliphatic heterocycles. The van der Waals surface area contributed by atoms with E-state index in [-0.39, 0.29) is 4.90 Å². The Morgan fingerprint density at radius 2 is 2.25 bits per heavy atom. The molecule has 0 aliphatic carbocycles. The largest absolute Gasteiger partial charge is 0.352 e. The van der Waals surface area contributed by atoms with Crippen LogP contribution in [0.1, 0.15) is 12.1 Å². The summed E-state index contributed by atoms with van der Waals surface area (Å²) in [7, 11) is -1.72. The van der Waals surface area contributed by atoms with Crippen LogP contribution < -0.4 is 10.5 Å². The maximum absolute atomic E-state index is 12.1. The number of hydrogen-bond acceptors (Lipinski definition) is 5. The highest BCUT2D eigenvalue weighted by Crippen LogP contribution is 2.12. The van der Waals surface area contributed by atoms with E-state index in [9.17, 15) is 8.42 Å². The number of nitrogens with two attached hydrogens (primary N) is 1. The molecule has 2 aromatic heterocycles. The van der Waals surface area contributed by atoms with Gasteiger partial charge in [0.15, 0.2) is 0 Å². The third kappa shape index (κ3) is 3.44. The van der Waals surface area contributed by atoms with Gasteiger partial charge in [-0.05, 0) is 12.5 Å². The van der Waals surface area contributed by atoms with Gasteiger partial charge in [-0.2, -0.15) is 0 Å². The summed E-state index contributed by atoms with van der Waals surface area (Å²) in [6.07, 6.45) is 5.52. The molecule has 0 spiro atoms. The molecular formula is C11H18N6O2S. The number of aromatic nitrogens is 4. The Morgan fingerprint density at radius 1 is 1.45 bits per heavy atom. The normalized spacial score (nSPS) is 11.9. The predicted molar refractivity (Wildman–Crippen MR) is 73.1 cm³/mol. The third-order valence-corrected chi connectivity index (χ3v) is 4.36. The van der Waals surface area contributed by atoms with E-state index in [1.54, 1.807) is 41.0 Å². The zero-order chi connectivity index (χ0) is 14.6. The van der Waals surface area contributed by atoms with Crippen molar-refractivity contribution >= 4 is 10.0 Å². The Hall–Kier alpha value is -1.71. The highest BCUT2D eigenvalue weighted by atomic mass is 32.2. The highest BCUT2D eigenvalue weighted by molar-refractivity contribution is 7.89. The van der Waals surface area contributed by atoms with Crippen LogP contribution in [0.2, 0.25) is 0 Å². The van der Waals surface area contributed by atoms with Crippen LogP contribution in [-0.2, 0) is 30.2 Å². The Balaban J connectivity index is 1.90. The number of aryl methyl sites for hydroxylation is 2. The van der Waals surface area contributed by atoms with Gasteiger partial charge < -0.3 is 10.3 Å². The summed E-state index contributed by atoms with van der Waals surface area (Å²) in [5.41, 5.74) is 6.30. The molecule has 0 saturated heterocycles. The standard InChI is InChI=1S/C11H18N6O2S/c1-16-9-11(7-10(16)8-12)20(18,19)14-3-2-5-17-6-4-13-15-17/h4,6-7,9,14H,2-3,5,8,12H2,1H3. The fourth-order valence-corrected chi connectivity index (χ4v) is 2.98. The van der Waals surface area contributed by atoms with Gasteiger partial charge in [0.25, 0.3) is 0 Å². The maximum Gasteiger partial charge on any atom is 0.242 e. The van der Waals surface area contributed by atoms with Crippen molar-refractivity contribution in [2.24, 2.45) is 12.8 Å². The van der Waals surface area contributed by atoms with Crippen molar-refractivity contribution < 1.29 is 8.42 Å². The number of sulfonamides is 1. The molecule has 0 radical (unpaired) electrons. The number of hydrogen-bond donors (Lipinski definition) is 2. The van der Waals surface area contributed by atoms with Gasteiger partial charge in [-0.1, -0.05) is 5.21 Å². The molecule has 9 heteroatoms. The first-order chi connectivity index (χ1) is 9.53. The van der Waals surface area contributed by atoms with Crippen LogP contribution >= 0.6 is 0 Å². The lowest BCUT2D eigenvalue weighted by Crippen LogP contribution is -2.25. The minimum Gasteiger partial charge on any atom is -0.352 e. The molecule has 0 saturated carbocycles. The summed E-state index contributed by atoms with van der Waals surface area (Å²) in [5.74, 6) is 0. The molecule has 20 heavy (non-hydrogen) atoms. The van der Waals surface area contributed by atoms with Gasteiger partial charge in [-0.15, -0.1) is 5.10 Å². The monoisotopic (exact) mass is 298 g/mol. The van der Waals surface area contributed by atoms with E-state index < -0.39 is 10.0 Å². The van der Waals surface area contributed by atoms with E-state index in [0.29, 0.717) is 26.1 Å². The number of nitrogens with zero attached hydrogens (tertiary/aromatic N) is 4. The number of nitrogens with one attached hydrogen (secondary N) is 1. The highest BCUT2D eigenvalue weighted by Gasteiger charge is 2.16. The summed E-state index contributed by atoms with van der Waals surface area (Å²) in [6.45, 7) is 1.26. The van der Waals surface area contributed by atoms with Crippen LogP contribution in [0.5, 0.6) is 0 Å². The van der Waals surface area contributed by atoms with E-state index in [2.05, 4.69) is 15.0 Å². The van der Waals surface area contributed by atoms with Crippen LogP contribution in [0.25, 0.3) is 0 Å². The summed E-state index contributed by atoms with van der Waals surface area (Å²) < 4.78 is 30.1. The molecule has 0 fully saturated rings. The Bertz CT molecular complexity index is 647. The molecule has 110 valence electrons. The lowest BCUT2D eigenvalue weighted by Gasteiger charge is -2.04. The van der Waals surface area contributed by atoms with Crippen molar-refractivity contribution in [3.05, 3.63) is 30.4 Å². The molecule has 2 aromatic rings. The second-order valence-corrected chi connectivity index (χ2v) is 6.17. The molecule has 8 nitrogen and oxygen atoms in total.